The van der Waals surface area contributed by atoms with E-state index in [0.717, 1.165) is 22.6 Å². The van der Waals surface area contributed by atoms with Crippen molar-refractivity contribution in [2.24, 2.45) is 0 Å². The van der Waals surface area contributed by atoms with E-state index in [2.05, 4.69) is 20.8 Å². The molecule has 0 aromatic heterocycles. The van der Waals surface area contributed by atoms with Gasteiger partial charge in [-0.1, -0.05) is 29.4 Å². The van der Waals surface area contributed by atoms with Gasteiger partial charge in [0.2, 0.25) is 5.79 Å². The smallest absolute Gasteiger partial charge is 0.246 e. The van der Waals surface area contributed by atoms with E-state index in [1.54, 1.807) is 7.11 Å². The highest BCUT2D eigenvalue weighted by molar-refractivity contribution is 7.49. The van der Waals surface area contributed by atoms with Crippen LogP contribution in [-0.4, -0.2) is 18.1 Å². The van der Waals surface area contributed by atoms with Gasteiger partial charge >= 0.3 is 0 Å². The minimum absolute atomic E-state index is 0.193. The molecule has 0 bridgehead atoms. The fourth-order valence-corrected chi connectivity index (χ4v) is 3.27. The summed E-state index contributed by atoms with van der Waals surface area (Å²) in [5, 5.41) is 1.31. The molecule has 1 heterocycles. The highest BCUT2D eigenvalue weighted by Crippen LogP contribution is 2.46. The average Bonchev–Trinajstić information content (AvgIpc) is 2.51. The molecule has 1 aliphatic heterocycles. The molecular formula is C14H21O3P. The Hall–Kier alpha value is -0.950. The van der Waals surface area contributed by atoms with Crippen LogP contribution in [0.4, 0.5) is 0 Å². The van der Waals surface area contributed by atoms with E-state index in [1.165, 1.54) is 0 Å². The van der Waals surface area contributed by atoms with E-state index in [0.29, 0.717) is 8.58 Å². The first-order valence-electron chi connectivity index (χ1n) is 6.09. The lowest BCUT2D eigenvalue weighted by Gasteiger charge is -2.22. The molecule has 0 saturated heterocycles. The first-order chi connectivity index (χ1) is 8.22. The molecule has 0 aliphatic carbocycles. The molecule has 4 heteroatoms. The van der Waals surface area contributed by atoms with Crippen LogP contribution in [0.15, 0.2) is 12.1 Å². The number of hydrogen-bond acceptors (Lipinski definition) is 3. The summed E-state index contributed by atoms with van der Waals surface area (Å²) in [6, 6.07) is 3.87. The second-order valence-electron chi connectivity index (χ2n) is 5.95. The lowest BCUT2D eigenvalue weighted by Crippen LogP contribution is -2.30. The third-order valence-corrected chi connectivity index (χ3v) is 3.98. The van der Waals surface area contributed by atoms with E-state index in [-0.39, 0.29) is 5.16 Å². The molecule has 0 saturated carbocycles. The third-order valence-electron chi connectivity index (χ3n) is 2.51. The Kier molecular flexibility index (Phi) is 3.23. The summed E-state index contributed by atoms with van der Waals surface area (Å²) in [6.45, 7) is 10.5. The number of ether oxygens (including phenoxy) is 3. The third kappa shape index (κ3) is 2.72. The van der Waals surface area contributed by atoms with Crippen molar-refractivity contribution in [1.82, 2.24) is 0 Å². The van der Waals surface area contributed by atoms with Crippen LogP contribution in [-0.2, 0) is 0 Å². The van der Waals surface area contributed by atoms with Crippen LogP contribution in [0.5, 0.6) is 17.2 Å². The largest absolute Gasteiger partial charge is 0.496 e. The van der Waals surface area contributed by atoms with Gasteiger partial charge in [0, 0.05) is 13.8 Å². The maximum Gasteiger partial charge on any atom is 0.246 e. The zero-order valence-electron chi connectivity index (χ0n) is 11.9. The Labute approximate surface area is 111 Å². The number of fused-ring (bicyclic) bond motifs is 1. The molecule has 0 radical (unpaired) electrons. The van der Waals surface area contributed by atoms with Crippen LogP contribution in [0.2, 0.25) is 0 Å². The van der Waals surface area contributed by atoms with Crippen LogP contribution < -0.4 is 19.5 Å². The highest BCUT2D eigenvalue weighted by Gasteiger charge is 2.35. The molecule has 1 atom stereocenters. The summed E-state index contributed by atoms with van der Waals surface area (Å²) in [4.78, 5) is 0. The molecular weight excluding hydrogens is 247 g/mol. The minimum atomic E-state index is -0.591. The molecule has 0 amide bonds. The van der Waals surface area contributed by atoms with Gasteiger partial charge in [0.05, 0.1) is 12.4 Å². The predicted octanol–water partition coefficient (Wildman–Crippen LogP) is 3.30. The topological polar surface area (TPSA) is 27.7 Å². The first-order valence-corrected chi connectivity index (χ1v) is 7.09. The van der Waals surface area contributed by atoms with E-state index >= 15 is 0 Å². The zero-order valence-corrected chi connectivity index (χ0v) is 12.9. The fourth-order valence-electron chi connectivity index (χ4n) is 1.92. The molecule has 3 nitrogen and oxygen atoms in total. The molecule has 0 spiro atoms. The van der Waals surface area contributed by atoms with Gasteiger partial charge in [0.25, 0.3) is 0 Å². The molecule has 1 aromatic carbocycles. The van der Waals surface area contributed by atoms with Gasteiger partial charge in [0.15, 0.2) is 11.5 Å². The van der Waals surface area contributed by atoms with Crippen molar-refractivity contribution in [3.63, 3.8) is 0 Å². The lowest BCUT2D eigenvalue weighted by atomic mass is 10.2. The fraction of sp³-hybridized carbons (Fsp3) is 0.571. The highest BCUT2D eigenvalue weighted by atomic mass is 31.1. The SMILES string of the molecule is COc1ccc2c(c1PC(C)(C)C)OC(C)(C)O2. The summed E-state index contributed by atoms with van der Waals surface area (Å²) in [6.07, 6.45) is 0. The van der Waals surface area contributed by atoms with Crippen LogP contribution >= 0.6 is 8.58 Å². The van der Waals surface area contributed by atoms with E-state index in [4.69, 9.17) is 14.2 Å². The van der Waals surface area contributed by atoms with Gasteiger partial charge in [0.1, 0.15) is 5.75 Å². The van der Waals surface area contributed by atoms with Gasteiger partial charge in [-0.2, -0.15) is 0 Å². The minimum Gasteiger partial charge on any atom is -0.496 e. The molecule has 1 aliphatic rings. The summed E-state index contributed by atoms with van der Waals surface area (Å²) < 4.78 is 17.2. The number of hydrogen-bond donors (Lipinski definition) is 0. The second-order valence-corrected chi connectivity index (χ2v) is 8.20. The van der Waals surface area contributed by atoms with Crippen molar-refractivity contribution < 1.29 is 14.2 Å². The Bertz CT molecular complexity index is 461. The van der Waals surface area contributed by atoms with E-state index < -0.39 is 5.79 Å². The quantitative estimate of drug-likeness (QED) is 0.770. The second kappa shape index (κ2) is 4.31. The van der Waals surface area contributed by atoms with Crippen molar-refractivity contribution in [3.05, 3.63) is 12.1 Å². The van der Waals surface area contributed by atoms with Crippen LogP contribution in [0, 0.1) is 0 Å². The van der Waals surface area contributed by atoms with Crippen LogP contribution in [0.25, 0.3) is 0 Å². The van der Waals surface area contributed by atoms with Gasteiger partial charge in [-0.25, -0.2) is 0 Å². The van der Waals surface area contributed by atoms with E-state index in [1.807, 2.05) is 26.0 Å². The van der Waals surface area contributed by atoms with Gasteiger partial charge in [-0.3, -0.25) is 0 Å². The Morgan fingerprint density at radius 2 is 1.83 bits per heavy atom. The van der Waals surface area contributed by atoms with Crippen LogP contribution in [0.1, 0.15) is 34.6 Å². The molecule has 1 unspecified atom stereocenters. The normalized spacial score (nSPS) is 17.4. The Morgan fingerprint density at radius 1 is 1.17 bits per heavy atom. The van der Waals surface area contributed by atoms with Gasteiger partial charge in [-0.05, 0) is 17.3 Å². The van der Waals surface area contributed by atoms with Crippen molar-refractivity contribution in [2.75, 3.05) is 7.11 Å². The lowest BCUT2D eigenvalue weighted by molar-refractivity contribution is -0.0427. The summed E-state index contributed by atoms with van der Waals surface area (Å²) in [5.74, 6) is 1.94. The number of methoxy groups -OCH3 is 1. The molecule has 0 fully saturated rings. The molecule has 2 rings (SSSR count). The molecule has 0 N–H and O–H groups in total. The summed E-state index contributed by atoms with van der Waals surface area (Å²) >= 11 is 0. The summed E-state index contributed by atoms with van der Waals surface area (Å²) in [5.41, 5.74) is 0. The standard InChI is InChI=1S/C14H21O3P/c1-13(2,3)18-12-10(15-6)8-7-9-11(12)17-14(4,5)16-9/h7-8,18H,1-6H3. The Balaban J connectivity index is 2.47. The molecule has 100 valence electrons. The summed E-state index contributed by atoms with van der Waals surface area (Å²) in [7, 11) is 2.30. The van der Waals surface area contributed by atoms with Crippen molar-refractivity contribution in [2.45, 2.75) is 45.6 Å². The van der Waals surface area contributed by atoms with Gasteiger partial charge in [-0.15, -0.1) is 0 Å². The first kappa shape index (κ1) is 13.5. The van der Waals surface area contributed by atoms with E-state index in [9.17, 15) is 0 Å². The van der Waals surface area contributed by atoms with Crippen molar-refractivity contribution >= 4 is 13.9 Å². The van der Waals surface area contributed by atoms with Gasteiger partial charge < -0.3 is 14.2 Å². The monoisotopic (exact) mass is 268 g/mol. The molecule has 1 aromatic rings. The van der Waals surface area contributed by atoms with Crippen molar-refractivity contribution in [1.29, 1.82) is 0 Å². The molecule has 18 heavy (non-hydrogen) atoms. The Morgan fingerprint density at radius 3 is 2.39 bits per heavy atom. The van der Waals surface area contributed by atoms with Crippen molar-refractivity contribution in [3.8, 4) is 17.2 Å². The average molecular weight is 268 g/mol. The predicted molar refractivity (Wildman–Crippen MR) is 76.0 cm³/mol. The maximum absolute atomic E-state index is 5.92. The number of rotatable bonds is 2. The maximum atomic E-state index is 5.92. The zero-order chi connectivity index (χ0) is 13.6. The van der Waals surface area contributed by atoms with Crippen LogP contribution in [0.3, 0.4) is 0 Å². The number of benzene rings is 1.